The molecule has 0 bridgehead atoms. The highest BCUT2D eigenvalue weighted by molar-refractivity contribution is 5.85. The molecule has 0 aliphatic heterocycles. The van der Waals surface area contributed by atoms with Crippen molar-refractivity contribution in [3.05, 3.63) is 46.5 Å². The summed E-state index contributed by atoms with van der Waals surface area (Å²) < 4.78 is 6.48. The van der Waals surface area contributed by atoms with Gasteiger partial charge in [-0.15, -0.1) is 12.4 Å². The van der Waals surface area contributed by atoms with Gasteiger partial charge in [0.05, 0.1) is 10.9 Å². The van der Waals surface area contributed by atoms with E-state index in [2.05, 4.69) is 37.6 Å². The highest BCUT2D eigenvalue weighted by atomic mass is 35.5. The minimum atomic E-state index is -0.472. The van der Waals surface area contributed by atoms with Gasteiger partial charge in [0.2, 0.25) is 0 Å². The molecule has 27 heavy (non-hydrogen) atoms. The predicted octanol–water partition coefficient (Wildman–Crippen LogP) is 3.30. The lowest BCUT2D eigenvalue weighted by Gasteiger charge is -2.16. The lowest BCUT2D eigenvalue weighted by molar-refractivity contribution is -0.138. The second kappa shape index (κ2) is 10.8. The second-order valence-corrected chi connectivity index (χ2v) is 6.40. The molecule has 1 heterocycles. The van der Waals surface area contributed by atoms with Crippen LogP contribution in [0.2, 0.25) is 0 Å². The summed E-state index contributed by atoms with van der Waals surface area (Å²) in [7, 11) is 0. The third-order valence-corrected chi connectivity index (χ3v) is 4.39. The zero-order valence-electron chi connectivity index (χ0n) is 16.3. The summed E-state index contributed by atoms with van der Waals surface area (Å²) in [6.07, 6.45) is 4.07. The first-order valence-corrected chi connectivity index (χ1v) is 9.04. The number of carbonyl (C=O) groups is 1. The number of carbonyl (C=O) groups excluding carboxylic acids is 1. The minimum absolute atomic E-state index is 0. The van der Waals surface area contributed by atoms with E-state index >= 15 is 0 Å². The highest BCUT2D eigenvalue weighted by Crippen LogP contribution is 2.17. The fraction of sp³-hybridized carbons (Fsp3) is 0.450. The van der Waals surface area contributed by atoms with E-state index < -0.39 is 5.97 Å². The molecule has 0 aliphatic carbocycles. The van der Waals surface area contributed by atoms with Crippen molar-refractivity contribution < 1.29 is 9.53 Å². The molecule has 1 aromatic carbocycles. The molecule has 0 spiro atoms. The third-order valence-electron chi connectivity index (χ3n) is 4.39. The summed E-state index contributed by atoms with van der Waals surface area (Å²) in [4.78, 5) is 30.9. The average Bonchev–Trinajstić information content (AvgIpc) is 2.64. The number of esters is 1. The molecule has 7 heteroatoms. The van der Waals surface area contributed by atoms with E-state index in [1.807, 2.05) is 18.2 Å². The van der Waals surface area contributed by atoms with Crippen molar-refractivity contribution in [2.45, 2.75) is 33.6 Å². The van der Waals surface area contributed by atoms with Crippen LogP contribution in [0.5, 0.6) is 0 Å². The number of rotatable bonds is 8. The van der Waals surface area contributed by atoms with E-state index in [-0.39, 0.29) is 18.0 Å². The Hall–Kier alpha value is -2.18. The van der Waals surface area contributed by atoms with E-state index in [0.717, 1.165) is 18.7 Å². The van der Waals surface area contributed by atoms with Crippen LogP contribution in [0, 0.1) is 0 Å². The molecule has 0 atom stereocenters. The summed E-state index contributed by atoms with van der Waals surface area (Å²) in [5.41, 5.74) is 1.52. The Morgan fingerprint density at radius 3 is 2.63 bits per heavy atom. The molecule has 2 rings (SSSR count). The first-order valence-electron chi connectivity index (χ1n) is 9.04. The summed E-state index contributed by atoms with van der Waals surface area (Å²) in [6, 6.07) is 5.69. The molecule has 6 nitrogen and oxygen atoms in total. The van der Waals surface area contributed by atoms with Gasteiger partial charge in [0, 0.05) is 18.8 Å². The van der Waals surface area contributed by atoms with Crippen LogP contribution < -0.4 is 5.56 Å². The highest BCUT2D eigenvalue weighted by Gasteiger charge is 2.07. The zero-order valence-corrected chi connectivity index (χ0v) is 17.2. The molecular formula is C20H28ClN3O3. The van der Waals surface area contributed by atoms with E-state index in [1.54, 1.807) is 0 Å². The Morgan fingerprint density at radius 1 is 1.30 bits per heavy atom. The maximum Gasteiger partial charge on any atom is 0.332 e. The third kappa shape index (κ3) is 6.19. The quantitative estimate of drug-likeness (QED) is 0.508. The van der Waals surface area contributed by atoms with E-state index in [9.17, 15) is 9.59 Å². The van der Waals surface area contributed by atoms with Crippen molar-refractivity contribution >= 4 is 35.5 Å². The van der Waals surface area contributed by atoms with Crippen LogP contribution >= 0.6 is 12.4 Å². The summed E-state index contributed by atoms with van der Waals surface area (Å²) in [5.74, 6) is -0.149. The first kappa shape index (κ1) is 22.9. The maximum absolute atomic E-state index is 12.6. The van der Waals surface area contributed by atoms with E-state index in [0.29, 0.717) is 30.0 Å². The van der Waals surface area contributed by atoms with Gasteiger partial charge in [0.15, 0.2) is 0 Å². The van der Waals surface area contributed by atoms with Gasteiger partial charge in [-0.25, -0.2) is 9.78 Å². The van der Waals surface area contributed by atoms with Gasteiger partial charge >= 0.3 is 5.97 Å². The van der Waals surface area contributed by atoms with Gasteiger partial charge in [-0.05, 0) is 36.7 Å². The Kier molecular flexibility index (Phi) is 9.18. The Morgan fingerprint density at radius 2 is 2.00 bits per heavy atom. The van der Waals surface area contributed by atoms with Gasteiger partial charge < -0.3 is 9.64 Å². The summed E-state index contributed by atoms with van der Waals surface area (Å²) in [6.45, 7) is 11.1. The molecule has 0 saturated heterocycles. The van der Waals surface area contributed by atoms with Gasteiger partial charge in [0.25, 0.3) is 5.56 Å². The van der Waals surface area contributed by atoms with Gasteiger partial charge in [-0.2, -0.15) is 0 Å². The van der Waals surface area contributed by atoms with E-state index in [4.69, 9.17) is 4.74 Å². The van der Waals surface area contributed by atoms with Crippen LogP contribution in [0.4, 0.5) is 0 Å². The Bertz CT molecular complexity index is 842. The predicted molar refractivity (Wildman–Crippen MR) is 111 cm³/mol. The number of benzene rings is 1. The number of halogens is 1. The molecule has 1 aromatic heterocycles. The summed E-state index contributed by atoms with van der Waals surface area (Å²) >= 11 is 0. The molecule has 0 radical (unpaired) electrons. The lowest BCUT2D eigenvalue weighted by atomic mass is 10.0. The van der Waals surface area contributed by atoms with Crippen molar-refractivity contribution in [3.63, 3.8) is 0 Å². The van der Waals surface area contributed by atoms with Crippen LogP contribution in [0.25, 0.3) is 17.1 Å². The largest absolute Gasteiger partial charge is 0.461 e. The van der Waals surface area contributed by atoms with Crippen LogP contribution in [0.1, 0.15) is 39.2 Å². The fourth-order valence-electron chi connectivity index (χ4n) is 2.62. The zero-order chi connectivity index (χ0) is 19.1. The fourth-order valence-corrected chi connectivity index (χ4v) is 2.62. The van der Waals surface area contributed by atoms with Crippen LogP contribution in [-0.4, -0.2) is 46.7 Å². The van der Waals surface area contributed by atoms with Gasteiger partial charge in [-0.1, -0.05) is 33.8 Å². The number of hydrogen-bond donors (Lipinski definition) is 0. The number of aromatic nitrogens is 2. The Balaban J connectivity index is 0.00000364. The maximum atomic E-state index is 12.6. The van der Waals surface area contributed by atoms with Crippen molar-refractivity contribution in [2.75, 3.05) is 26.2 Å². The molecule has 0 amide bonds. The smallest absolute Gasteiger partial charge is 0.332 e. The number of fused-ring (bicyclic) bond motifs is 1. The van der Waals surface area contributed by atoms with Crippen molar-refractivity contribution in [1.29, 1.82) is 0 Å². The number of ether oxygens (including phenoxy) is 1. The van der Waals surface area contributed by atoms with Crippen LogP contribution in [0.3, 0.4) is 0 Å². The molecule has 0 unspecified atom stereocenters. The SMILES string of the molecule is CCN(CC)CCOC(=O)/C=C/n1cnc2ccc(C(C)C)cc2c1=O.Cl. The van der Waals surface area contributed by atoms with Crippen LogP contribution in [0.15, 0.2) is 35.4 Å². The standard InChI is InChI=1S/C20H27N3O3.ClH/c1-5-22(6-2)11-12-26-19(24)9-10-23-14-21-18-8-7-16(15(3)4)13-17(18)20(23)25;/h7-10,13-15H,5-6,11-12H2,1-4H3;1H/b10-9+;. The molecular weight excluding hydrogens is 366 g/mol. The van der Waals surface area contributed by atoms with Crippen molar-refractivity contribution in [1.82, 2.24) is 14.5 Å². The van der Waals surface area contributed by atoms with Crippen molar-refractivity contribution in [3.8, 4) is 0 Å². The number of nitrogens with zero attached hydrogens (tertiary/aromatic N) is 3. The molecule has 0 N–H and O–H groups in total. The average molecular weight is 394 g/mol. The number of likely N-dealkylation sites (N-methyl/N-ethyl adjacent to an activating group) is 1. The van der Waals surface area contributed by atoms with Crippen LogP contribution in [-0.2, 0) is 9.53 Å². The van der Waals surface area contributed by atoms with Gasteiger partial charge in [-0.3, -0.25) is 9.36 Å². The molecule has 0 fully saturated rings. The summed E-state index contributed by atoms with van der Waals surface area (Å²) in [5, 5.41) is 0.540. The van der Waals surface area contributed by atoms with Gasteiger partial charge in [0.1, 0.15) is 12.9 Å². The molecule has 0 saturated carbocycles. The first-order chi connectivity index (χ1) is 12.5. The van der Waals surface area contributed by atoms with E-state index in [1.165, 1.54) is 23.2 Å². The molecule has 2 aromatic rings. The monoisotopic (exact) mass is 393 g/mol. The Labute approximate surface area is 166 Å². The lowest BCUT2D eigenvalue weighted by Crippen LogP contribution is -2.27. The second-order valence-electron chi connectivity index (χ2n) is 6.40. The molecule has 0 aliphatic rings. The molecule has 148 valence electrons. The van der Waals surface area contributed by atoms with Crippen molar-refractivity contribution in [2.24, 2.45) is 0 Å². The number of hydrogen-bond acceptors (Lipinski definition) is 5. The topological polar surface area (TPSA) is 64.4 Å². The minimum Gasteiger partial charge on any atom is -0.461 e. The normalized spacial score (nSPS) is 11.3.